The van der Waals surface area contributed by atoms with Gasteiger partial charge in [0.1, 0.15) is 16.1 Å². The summed E-state index contributed by atoms with van der Waals surface area (Å²) in [6.45, 7) is 0. The van der Waals surface area contributed by atoms with E-state index in [4.69, 9.17) is 23.2 Å². The molecule has 0 atom stereocenters. The molecule has 1 heterocycles. The Morgan fingerprint density at radius 2 is 1.76 bits per heavy atom. The third-order valence-corrected chi connectivity index (χ3v) is 4.98. The van der Waals surface area contributed by atoms with Crippen LogP contribution in [0.4, 0.5) is 0 Å². The molecule has 1 aliphatic rings. The highest BCUT2D eigenvalue weighted by Gasteiger charge is 2.24. The maximum absolute atomic E-state index is 6.37. The van der Waals surface area contributed by atoms with Gasteiger partial charge in [0, 0.05) is 16.5 Å². The molecule has 1 aliphatic carbocycles. The second-order valence-electron chi connectivity index (χ2n) is 5.42. The molecule has 0 bridgehead atoms. The van der Waals surface area contributed by atoms with E-state index < -0.39 is 0 Å². The van der Waals surface area contributed by atoms with Gasteiger partial charge in [-0.3, -0.25) is 0 Å². The molecule has 0 aliphatic heterocycles. The van der Waals surface area contributed by atoms with Gasteiger partial charge in [0.25, 0.3) is 0 Å². The van der Waals surface area contributed by atoms with Gasteiger partial charge in [-0.15, -0.1) is 0 Å². The van der Waals surface area contributed by atoms with E-state index in [0.29, 0.717) is 28.5 Å². The Morgan fingerprint density at radius 3 is 2.38 bits per heavy atom. The third-order valence-electron chi connectivity index (χ3n) is 3.91. The summed E-state index contributed by atoms with van der Waals surface area (Å²) < 4.78 is 1.04. The average molecular weight is 386 g/mol. The Hall–Kier alpha value is -0.640. The Bertz CT molecular complexity index is 631. The predicted molar refractivity (Wildman–Crippen MR) is 90.2 cm³/mol. The summed E-state index contributed by atoms with van der Waals surface area (Å²) in [4.78, 5) is 8.92. The number of rotatable bonds is 3. The Kier molecular flexibility index (Phi) is 4.82. The van der Waals surface area contributed by atoms with Crippen molar-refractivity contribution in [3.63, 3.8) is 0 Å². The number of halogens is 3. The molecular weight excluding hydrogens is 371 g/mol. The van der Waals surface area contributed by atoms with Crippen LogP contribution in [0.1, 0.15) is 48.6 Å². The van der Waals surface area contributed by atoms with Gasteiger partial charge in [-0.05, 0) is 36.5 Å². The summed E-state index contributed by atoms with van der Waals surface area (Å²) in [7, 11) is 0. The van der Waals surface area contributed by atoms with Crippen molar-refractivity contribution in [1.29, 1.82) is 0 Å². The lowest BCUT2D eigenvalue weighted by Crippen LogP contribution is -2.04. The number of benzene rings is 1. The van der Waals surface area contributed by atoms with Gasteiger partial charge in [0.05, 0.1) is 0 Å². The molecule has 1 aromatic carbocycles. The maximum Gasteiger partial charge on any atom is 0.137 e. The van der Waals surface area contributed by atoms with Crippen molar-refractivity contribution in [1.82, 2.24) is 9.97 Å². The number of hydrogen-bond donors (Lipinski definition) is 0. The topological polar surface area (TPSA) is 25.8 Å². The number of aromatic nitrogens is 2. The molecule has 0 unspecified atom stereocenters. The molecule has 110 valence electrons. The van der Waals surface area contributed by atoms with Gasteiger partial charge in [0.2, 0.25) is 0 Å². The molecule has 0 spiro atoms. The fourth-order valence-corrected chi connectivity index (χ4v) is 4.09. The first-order valence-electron chi connectivity index (χ1n) is 7.10. The third kappa shape index (κ3) is 3.58. The lowest BCUT2D eigenvalue weighted by atomic mass is 10.0. The molecule has 1 fully saturated rings. The van der Waals surface area contributed by atoms with Crippen LogP contribution in [0.3, 0.4) is 0 Å². The Labute approximate surface area is 143 Å². The van der Waals surface area contributed by atoms with E-state index in [2.05, 4.69) is 32.0 Å². The van der Waals surface area contributed by atoms with Crippen LogP contribution in [0.5, 0.6) is 0 Å². The van der Waals surface area contributed by atoms with Crippen LogP contribution in [-0.2, 0) is 6.42 Å². The van der Waals surface area contributed by atoms with Crippen LogP contribution >= 0.6 is 39.1 Å². The molecule has 0 saturated heterocycles. The van der Waals surface area contributed by atoms with E-state index >= 15 is 0 Å². The predicted octanol–water partition coefficient (Wildman–Crippen LogP) is 5.79. The van der Waals surface area contributed by atoms with E-state index in [1.807, 2.05) is 18.2 Å². The van der Waals surface area contributed by atoms with E-state index in [9.17, 15) is 0 Å². The monoisotopic (exact) mass is 384 g/mol. The Balaban J connectivity index is 1.87. The molecule has 2 aromatic rings. The van der Waals surface area contributed by atoms with Gasteiger partial charge < -0.3 is 0 Å². The molecule has 5 heteroatoms. The molecule has 0 radical (unpaired) electrons. The highest BCUT2D eigenvalue weighted by Crippen LogP contribution is 2.40. The maximum atomic E-state index is 6.37. The van der Waals surface area contributed by atoms with E-state index in [0.717, 1.165) is 28.4 Å². The van der Waals surface area contributed by atoms with Crippen molar-refractivity contribution in [2.45, 2.75) is 38.0 Å². The summed E-state index contributed by atoms with van der Waals surface area (Å²) in [6.07, 6.45) is 5.36. The molecule has 1 saturated carbocycles. The average Bonchev–Trinajstić information content (AvgIpc) is 2.91. The normalized spacial score (nSPS) is 15.6. The van der Waals surface area contributed by atoms with Crippen molar-refractivity contribution in [2.75, 3.05) is 0 Å². The second kappa shape index (κ2) is 6.64. The lowest BCUT2D eigenvalue weighted by molar-refractivity contribution is 0.710. The lowest BCUT2D eigenvalue weighted by Gasteiger charge is -2.13. The van der Waals surface area contributed by atoms with Crippen molar-refractivity contribution < 1.29 is 0 Å². The minimum Gasteiger partial charge on any atom is -0.220 e. The highest BCUT2D eigenvalue weighted by atomic mass is 79.9. The molecular formula is C16H15BrCl2N2. The van der Waals surface area contributed by atoms with Crippen molar-refractivity contribution in [3.8, 4) is 0 Å². The van der Waals surface area contributed by atoms with Crippen molar-refractivity contribution in [3.05, 3.63) is 56.0 Å². The minimum absolute atomic E-state index is 0.421. The van der Waals surface area contributed by atoms with Gasteiger partial charge in [-0.2, -0.15) is 0 Å². The van der Waals surface area contributed by atoms with E-state index in [1.165, 1.54) is 12.8 Å². The first kappa shape index (κ1) is 15.3. The van der Waals surface area contributed by atoms with Crippen LogP contribution in [0.15, 0.2) is 28.7 Å². The van der Waals surface area contributed by atoms with Gasteiger partial charge in [-0.1, -0.05) is 64.1 Å². The van der Waals surface area contributed by atoms with Crippen LogP contribution < -0.4 is 0 Å². The van der Waals surface area contributed by atoms with Crippen molar-refractivity contribution >= 4 is 39.1 Å². The smallest absolute Gasteiger partial charge is 0.137 e. The molecule has 0 amide bonds. The molecule has 0 N–H and O–H groups in total. The standard InChI is InChI=1S/C16H15BrCl2N2/c17-12-7-3-4-10(8-12)9-13-20-15(18)14(16(19)21-13)11-5-1-2-6-11/h3-4,7-8,11H,1-2,5-6,9H2. The summed E-state index contributed by atoms with van der Waals surface area (Å²) in [5.74, 6) is 1.09. The van der Waals surface area contributed by atoms with Crippen LogP contribution in [0.2, 0.25) is 10.3 Å². The molecule has 1 aromatic heterocycles. The van der Waals surface area contributed by atoms with Crippen LogP contribution in [-0.4, -0.2) is 9.97 Å². The minimum atomic E-state index is 0.421. The van der Waals surface area contributed by atoms with E-state index in [1.54, 1.807) is 0 Å². The van der Waals surface area contributed by atoms with Crippen LogP contribution in [0, 0.1) is 0 Å². The first-order valence-corrected chi connectivity index (χ1v) is 8.64. The SMILES string of the molecule is Clc1nc(Cc2cccc(Br)c2)nc(Cl)c1C1CCCC1. The quantitative estimate of drug-likeness (QED) is 0.624. The molecule has 2 nitrogen and oxygen atoms in total. The zero-order chi connectivity index (χ0) is 14.8. The number of hydrogen-bond acceptors (Lipinski definition) is 2. The van der Waals surface area contributed by atoms with Gasteiger partial charge >= 0.3 is 0 Å². The zero-order valence-corrected chi connectivity index (χ0v) is 14.5. The fraction of sp³-hybridized carbons (Fsp3) is 0.375. The summed E-state index contributed by atoms with van der Waals surface area (Å²) >= 11 is 16.2. The molecule has 3 rings (SSSR count). The second-order valence-corrected chi connectivity index (χ2v) is 7.05. The fourth-order valence-electron chi connectivity index (χ4n) is 2.92. The van der Waals surface area contributed by atoms with E-state index in [-0.39, 0.29) is 0 Å². The zero-order valence-electron chi connectivity index (χ0n) is 11.5. The van der Waals surface area contributed by atoms with Crippen LogP contribution in [0.25, 0.3) is 0 Å². The van der Waals surface area contributed by atoms with Gasteiger partial charge in [-0.25, -0.2) is 9.97 Å². The van der Waals surface area contributed by atoms with Crippen molar-refractivity contribution in [2.24, 2.45) is 0 Å². The highest BCUT2D eigenvalue weighted by molar-refractivity contribution is 9.10. The summed E-state index contributed by atoms with van der Waals surface area (Å²) in [5, 5.41) is 1.04. The molecule has 21 heavy (non-hydrogen) atoms. The largest absolute Gasteiger partial charge is 0.220 e. The summed E-state index contributed by atoms with van der Waals surface area (Å²) in [6, 6.07) is 8.08. The summed E-state index contributed by atoms with van der Waals surface area (Å²) in [5.41, 5.74) is 2.07. The van der Waals surface area contributed by atoms with Gasteiger partial charge in [0.15, 0.2) is 0 Å². The first-order chi connectivity index (χ1) is 10.1. The number of nitrogens with zero attached hydrogens (tertiary/aromatic N) is 2. The Morgan fingerprint density at radius 1 is 1.10 bits per heavy atom.